The lowest BCUT2D eigenvalue weighted by Crippen LogP contribution is -2.47. The van der Waals surface area contributed by atoms with Crippen molar-refractivity contribution >= 4 is 27.6 Å². The molecule has 11 heteroatoms. The minimum atomic E-state index is -3.33. The Morgan fingerprint density at radius 1 is 1.26 bits per heavy atom. The predicted octanol–water partition coefficient (Wildman–Crippen LogP) is 1.18. The maximum atomic E-state index is 12.7. The van der Waals surface area contributed by atoms with Gasteiger partial charge < -0.3 is 10.0 Å². The van der Waals surface area contributed by atoms with Crippen molar-refractivity contribution in [1.82, 2.24) is 9.21 Å². The van der Waals surface area contributed by atoms with Crippen LogP contribution in [-0.2, 0) is 10.0 Å². The lowest BCUT2D eigenvalue weighted by molar-refractivity contribution is -0.384. The Bertz CT molecular complexity index is 829. The van der Waals surface area contributed by atoms with Gasteiger partial charge >= 0.3 is 5.97 Å². The second-order valence-corrected chi connectivity index (χ2v) is 8.59. The number of likely N-dealkylation sites (tertiary alicyclic amines) is 1. The van der Waals surface area contributed by atoms with Crippen molar-refractivity contribution in [2.75, 3.05) is 25.9 Å². The molecule has 0 radical (unpaired) electrons. The van der Waals surface area contributed by atoms with E-state index in [1.165, 1.54) is 16.3 Å². The van der Waals surface area contributed by atoms with E-state index in [1.54, 1.807) is 6.92 Å². The van der Waals surface area contributed by atoms with Gasteiger partial charge in [-0.2, -0.15) is 0 Å². The molecule has 1 heterocycles. The van der Waals surface area contributed by atoms with E-state index in [9.17, 15) is 28.1 Å². The van der Waals surface area contributed by atoms with Gasteiger partial charge in [-0.15, -0.1) is 0 Å². The number of nitro groups is 1. The average Bonchev–Trinajstić information content (AvgIpc) is 2.66. The molecule has 0 spiro atoms. The third-order valence-corrected chi connectivity index (χ3v) is 6.60. The molecule has 1 aromatic carbocycles. The van der Waals surface area contributed by atoms with Gasteiger partial charge in [0.2, 0.25) is 10.0 Å². The molecule has 1 saturated heterocycles. The number of hydrogen-bond donors (Lipinski definition) is 1. The molecule has 1 fully saturated rings. The van der Waals surface area contributed by atoms with Crippen LogP contribution in [0.1, 0.15) is 40.5 Å². The zero-order valence-electron chi connectivity index (χ0n) is 15.0. The van der Waals surface area contributed by atoms with Gasteiger partial charge in [-0.25, -0.2) is 17.5 Å². The molecule has 1 aromatic rings. The SMILES string of the molecule is CCS(=O)(=O)N(C)C1CCN(C(=O)c2cc(C(=O)O)cc([N+](=O)[O-])c2)CC1. The van der Waals surface area contributed by atoms with E-state index in [0.29, 0.717) is 12.8 Å². The summed E-state index contributed by atoms with van der Waals surface area (Å²) in [5.74, 6) is -1.88. The number of amides is 1. The maximum absolute atomic E-state index is 12.7. The Labute approximate surface area is 156 Å². The fourth-order valence-corrected chi connectivity index (χ4v) is 4.08. The van der Waals surface area contributed by atoms with E-state index in [4.69, 9.17) is 5.11 Å². The monoisotopic (exact) mass is 399 g/mol. The highest BCUT2D eigenvalue weighted by Crippen LogP contribution is 2.23. The summed E-state index contributed by atoms with van der Waals surface area (Å²) in [6.07, 6.45) is 0.865. The van der Waals surface area contributed by atoms with E-state index in [1.807, 2.05) is 0 Å². The van der Waals surface area contributed by atoms with Crippen molar-refractivity contribution in [3.63, 3.8) is 0 Å². The van der Waals surface area contributed by atoms with Gasteiger partial charge in [0.25, 0.3) is 11.6 Å². The van der Waals surface area contributed by atoms with Gasteiger partial charge in [-0.1, -0.05) is 0 Å². The maximum Gasteiger partial charge on any atom is 0.335 e. The first-order chi connectivity index (χ1) is 12.6. The molecule has 148 valence electrons. The molecule has 1 N–H and O–H groups in total. The summed E-state index contributed by atoms with van der Waals surface area (Å²) in [5, 5.41) is 20.1. The van der Waals surface area contributed by atoms with Crippen LogP contribution in [0.25, 0.3) is 0 Å². The molecule has 1 aliphatic heterocycles. The van der Waals surface area contributed by atoms with E-state index in [-0.39, 0.29) is 36.0 Å². The summed E-state index contributed by atoms with van der Waals surface area (Å²) in [6.45, 7) is 2.11. The standard InChI is InChI=1S/C16H21N3O7S/c1-3-27(25,26)17(2)13-4-6-18(7-5-13)15(20)11-8-12(16(21)22)10-14(9-11)19(23)24/h8-10,13H,3-7H2,1-2H3,(H,21,22). The van der Waals surface area contributed by atoms with E-state index >= 15 is 0 Å². The van der Waals surface area contributed by atoms with Crippen LogP contribution in [0, 0.1) is 10.1 Å². The second kappa shape index (κ2) is 8.01. The molecule has 2 rings (SSSR count). The van der Waals surface area contributed by atoms with Crippen molar-refractivity contribution < 1.29 is 28.0 Å². The number of rotatable bonds is 6. The lowest BCUT2D eigenvalue weighted by atomic mass is 10.0. The number of benzene rings is 1. The number of piperidine rings is 1. The number of hydrogen-bond acceptors (Lipinski definition) is 6. The van der Waals surface area contributed by atoms with Crippen LogP contribution in [0.15, 0.2) is 18.2 Å². The van der Waals surface area contributed by atoms with Crippen molar-refractivity contribution in [1.29, 1.82) is 0 Å². The normalized spacial score (nSPS) is 15.7. The van der Waals surface area contributed by atoms with E-state index in [0.717, 1.165) is 18.2 Å². The molecule has 0 bridgehead atoms. The molecule has 1 aliphatic rings. The number of carboxylic acid groups (broad SMARTS) is 1. The minimum absolute atomic E-state index is 0.00566. The predicted molar refractivity (Wildman–Crippen MR) is 96.2 cm³/mol. The zero-order valence-corrected chi connectivity index (χ0v) is 15.8. The third kappa shape index (κ3) is 4.61. The summed E-state index contributed by atoms with van der Waals surface area (Å²) in [5.41, 5.74) is -0.882. The van der Waals surface area contributed by atoms with Gasteiger partial charge in [0, 0.05) is 43.9 Å². The number of aromatic carboxylic acids is 1. The molecule has 0 aliphatic carbocycles. The molecular weight excluding hydrogens is 378 g/mol. The Balaban J connectivity index is 2.16. The molecule has 0 atom stereocenters. The van der Waals surface area contributed by atoms with E-state index < -0.39 is 32.5 Å². The fraction of sp³-hybridized carbons (Fsp3) is 0.500. The van der Waals surface area contributed by atoms with Crippen LogP contribution < -0.4 is 0 Å². The van der Waals surface area contributed by atoms with Gasteiger partial charge in [0.05, 0.1) is 16.2 Å². The number of carbonyl (C=O) groups is 2. The van der Waals surface area contributed by atoms with Crippen LogP contribution in [0.5, 0.6) is 0 Å². The second-order valence-electron chi connectivity index (χ2n) is 6.27. The zero-order chi connectivity index (χ0) is 20.4. The Morgan fingerprint density at radius 3 is 2.30 bits per heavy atom. The number of non-ortho nitro benzene ring substituents is 1. The lowest BCUT2D eigenvalue weighted by Gasteiger charge is -2.36. The summed E-state index contributed by atoms with van der Waals surface area (Å²) >= 11 is 0. The van der Waals surface area contributed by atoms with Crippen LogP contribution in [0.2, 0.25) is 0 Å². The molecular formula is C16H21N3O7S. The molecule has 27 heavy (non-hydrogen) atoms. The highest BCUT2D eigenvalue weighted by Gasteiger charge is 2.31. The van der Waals surface area contributed by atoms with Crippen LogP contribution in [-0.4, -0.2) is 71.5 Å². The summed E-state index contributed by atoms with van der Waals surface area (Å²) in [4.78, 5) is 35.5. The third-order valence-electron chi connectivity index (χ3n) is 4.69. The first-order valence-corrected chi connectivity index (χ1v) is 9.95. The van der Waals surface area contributed by atoms with Crippen LogP contribution in [0.4, 0.5) is 5.69 Å². The first-order valence-electron chi connectivity index (χ1n) is 8.34. The van der Waals surface area contributed by atoms with Gasteiger partial charge in [-0.05, 0) is 25.8 Å². The number of nitro benzene ring substituents is 1. The van der Waals surface area contributed by atoms with Crippen LogP contribution in [0.3, 0.4) is 0 Å². The highest BCUT2D eigenvalue weighted by atomic mass is 32.2. The number of carbonyl (C=O) groups excluding carboxylic acids is 1. The molecule has 10 nitrogen and oxygen atoms in total. The van der Waals surface area contributed by atoms with Crippen molar-refractivity contribution in [2.45, 2.75) is 25.8 Å². The van der Waals surface area contributed by atoms with E-state index in [2.05, 4.69) is 0 Å². The van der Waals surface area contributed by atoms with Gasteiger partial charge in [0.15, 0.2) is 0 Å². The molecule has 0 unspecified atom stereocenters. The highest BCUT2D eigenvalue weighted by molar-refractivity contribution is 7.89. The van der Waals surface area contributed by atoms with Crippen molar-refractivity contribution in [2.24, 2.45) is 0 Å². The molecule has 0 saturated carbocycles. The first kappa shape index (κ1) is 20.8. The van der Waals surface area contributed by atoms with Gasteiger partial charge in [0.1, 0.15) is 0 Å². The number of sulfonamides is 1. The summed E-state index contributed by atoms with van der Waals surface area (Å²) < 4.78 is 25.3. The molecule has 0 aromatic heterocycles. The topological polar surface area (TPSA) is 138 Å². The minimum Gasteiger partial charge on any atom is -0.478 e. The summed E-state index contributed by atoms with van der Waals surface area (Å²) in [6, 6.07) is 2.83. The van der Waals surface area contributed by atoms with Crippen molar-refractivity contribution in [3.05, 3.63) is 39.4 Å². The Hall–Kier alpha value is -2.53. The fourth-order valence-electron chi connectivity index (χ4n) is 3.01. The Kier molecular flexibility index (Phi) is 6.16. The smallest absolute Gasteiger partial charge is 0.335 e. The number of nitrogens with zero attached hydrogens (tertiary/aromatic N) is 3. The largest absolute Gasteiger partial charge is 0.478 e. The van der Waals surface area contributed by atoms with Gasteiger partial charge in [-0.3, -0.25) is 14.9 Å². The number of carboxylic acids is 1. The van der Waals surface area contributed by atoms with Crippen molar-refractivity contribution in [3.8, 4) is 0 Å². The molecule has 1 amide bonds. The Morgan fingerprint density at radius 2 is 1.81 bits per heavy atom. The average molecular weight is 399 g/mol. The van der Waals surface area contributed by atoms with Crippen LogP contribution >= 0.6 is 0 Å². The quantitative estimate of drug-likeness (QED) is 0.560. The summed E-state index contributed by atoms with van der Waals surface area (Å²) in [7, 11) is -1.81.